The van der Waals surface area contributed by atoms with E-state index < -0.39 is 0 Å². The molecule has 0 aliphatic carbocycles. The number of ketones is 1. The Bertz CT molecular complexity index is 526. The van der Waals surface area contributed by atoms with Crippen LogP contribution in [-0.2, 0) is 4.74 Å². The molecule has 1 aliphatic rings. The van der Waals surface area contributed by atoms with Crippen LogP contribution in [0.2, 0.25) is 0 Å². The minimum Gasteiger partial charge on any atom is -0.378 e. The maximum atomic E-state index is 11.5. The van der Waals surface area contributed by atoms with Crippen LogP contribution in [0.15, 0.2) is 18.2 Å². The maximum Gasteiger partial charge on any atom is 0.159 e. The van der Waals surface area contributed by atoms with E-state index >= 15 is 0 Å². The van der Waals surface area contributed by atoms with Gasteiger partial charge in [-0.25, -0.2) is 0 Å². The Morgan fingerprint density at radius 3 is 2.70 bits per heavy atom. The number of ether oxygens (including phenoxy) is 1. The predicted molar refractivity (Wildman–Crippen MR) is 78.0 cm³/mol. The Morgan fingerprint density at radius 1 is 1.45 bits per heavy atom. The Kier molecular flexibility index (Phi) is 4.75. The molecule has 2 rings (SSSR count). The molecule has 0 atom stereocenters. The standard InChI is InChI=1S/C16H20N2O2/c1-3-20-15-6-8-18(9-7-15)16-10-13(12(2)19)4-5-14(16)11-17/h4-5,10,15H,3,6-9H2,1-2H3. The zero-order valence-electron chi connectivity index (χ0n) is 12.1. The summed E-state index contributed by atoms with van der Waals surface area (Å²) in [5.74, 6) is 0.0277. The van der Waals surface area contributed by atoms with Gasteiger partial charge >= 0.3 is 0 Å². The first-order valence-electron chi connectivity index (χ1n) is 7.07. The average Bonchev–Trinajstić information content (AvgIpc) is 2.47. The lowest BCUT2D eigenvalue weighted by Crippen LogP contribution is -2.37. The number of carbonyl (C=O) groups is 1. The molecular weight excluding hydrogens is 252 g/mol. The fraction of sp³-hybridized carbons (Fsp3) is 0.500. The van der Waals surface area contributed by atoms with Crippen LogP contribution in [0.3, 0.4) is 0 Å². The average molecular weight is 272 g/mol. The molecule has 1 saturated heterocycles. The second-order valence-electron chi connectivity index (χ2n) is 5.04. The zero-order valence-corrected chi connectivity index (χ0v) is 12.1. The zero-order chi connectivity index (χ0) is 14.5. The van der Waals surface area contributed by atoms with E-state index in [0.717, 1.165) is 38.2 Å². The van der Waals surface area contributed by atoms with Crippen LogP contribution in [0.25, 0.3) is 0 Å². The largest absolute Gasteiger partial charge is 0.378 e. The number of nitrogens with zero attached hydrogens (tertiary/aromatic N) is 2. The van der Waals surface area contributed by atoms with Crippen molar-refractivity contribution in [2.24, 2.45) is 0 Å². The van der Waals surface area contributed by atoms with Crippen molar-refractivity contribution in [3.05, 3.63) is 29.3 Å². The molecule has 0 radical (unpaired) electrons. The number of Topliss-reactive ketones (excluding diaryl/α,β-unsaturated/α-hetero) is 1. The highest BCUT2D eigenvalue weighted by Gasteiger charge is 2.21. The van der Waals surface area contributed by atoms with Crippen LogP contribution in [0.5, 0.6) is 0 Å². The number of hydrogen-bond acceptors (Lipinski definition) is 4. The lowest BCUT2D eigenvalue weighted by molar-refractivity contribution is 0.0459. The number of hydrogen-bond donors (Lipinski definition) is 0. The van der Waals surface area contributed by atoms with Crippen LogP contribution in [-0.4, -0.2) is 31.6 Å². The van der Waals surface area contributed by atoms with Gasteiger partial charge in [-0.2, -0.15) is 5.26 Å². The molecule has 1 heterocycles. The normalized spacial score (nSPS) is 15.9. The van der Waals surface area contributed by atoms with Crippen LogP contribution in [0.1, 0.15) is 42.6 Å². The molecule has 20 heavy (non-hydrogen) atoms. The Morgan fingerprint density at radius 2 is 2.15 bits per heavy atom. The summed E-state index contributed by atoms with van der Waals surface area (Å²) in [5, 5.41) is 9.23. The molecule has 4 heteroatoms. The van der Waals surface area contributed by atoms with Crippen molar-refractivity contribution < 1.29 is 9.53 Å². The SMILES string of the molecule is CCOC1CCN(c2cc(C(C)=O)ccc2C#N)CC1. The number of carbonyl (C=O) groups excluding carboxylic acids is 1. The van der Waals surface area contributed by atoms with Crippen LogP contribution in [0, 0.1) is 11.3 Å². The van der Waals surface area contributed by atoms with Gasteiger partial charge in [-0.05, 0) is 44.9 Å². The molecule has 0 N–H and O–H groups in total. The van der Waals surface area contributed by atoms with E-state index in [2.05, 4.69) is 11.0 Å². The Hall–Kier alpha value is -1.86. The van der Waals surface area contributed by atoms with Crippen LogP contribution < -0.4 is 4.90 Å². The molecular formula is C16H20N2O2. The van der Waals surface area contributed by atoms with Gasteiger partial charge in [0.25, 0.3) is 0 Å². The van der Waals surface area contributed by atoms with Crippen molar-refractivity contribution in [2.45, 2.75) is 32.8 Å². The molecule has 1 aromatic carbocycles. The quantitative estimate of drug-likeness (QED) is 0.791. The number of piperidine rings is 1. The summed E-state index contributed by atoms with van der Waals surface area (Å²) < 4.78 is 5.64. The number of rotatable bonds is 4. The molecule has 1 aliphatic heterocycles. The van der Waals surface area contributed by atoms with Crippen molar-refractivity contribution >= 4 is 11.5 Å². The lowest BCUT2D eigenvalue weighted by atomic mass is 10.0. The minimum absolute atomic E-state index is 0.0277. The second kappa shape index (κ2) is 6.53. The summed E-state index contributed by atoms with van der Waals surface area (Å²) in [6, 6.07) is 7.50. The van der Waals surface area contributed by atoms with Gasteiger partial charge < -0.3 is 9.64 Å². The van der Waals surface area contributed by atoms with E-state index in [9.17, 15) is 10.1 Å². The summed E-state index contributed by atoms with van der Waals surface area (Å²) in [7, 11) is 0. The number of anilines is 1. The third-order valence-electron chi connectivity index (χ3n) is 3.71. The molecule has 4 nitrogen and oxygen atoms in total. The topological polar surface area (TPSA) is 53.3 Å². The summed E-state index contributed by atoms with van der Waals surface area (Å²) in [6.45, 7) is 6.03. The van der Waals surface area contributed by atoms with Gasteiger partial charge in [0.1, 0.15) is 6.07 Å². The fourth-order valence-electron chi connectivity index (χ4n) is 2.61. The highest BCUT2D eigenvalue weighted by atomic mass is 16.5. The van der Waals surface area contributed by atoms with Crippen molar-refractivity contribution in [3.63, 3.8) is 0 Å². The first kappa shape index (κ1) is 14.5. The Labute approximate surface area is 120 Å². The van der Waals surface area contributed by atoms with Gasteiger partial charge in [-0.15, -0.1) is 0 Å². The predicted octanol–water partition coefficient (Wildman–Crippen LogP) is 2.77. The van der Waals surface area contributed by atoms with Gasteiger partial charge in [0.05, 0.1) is 17.4 Å². The van der Waals surface area contributed by atoms with E-state index in [-0.39, 0.29) is 5.78 Å². The maximum absolute atomic E-state index is 11.5. The van der Waals surface area contributed by atoms with E-state index in [0.29, 0.717) is 17.2 Å². The highest BCUT2D eigenvalue weighted by Crippen LogP contribution is 2.26. The van der Waals surface area contributed by atoms with E-state index in [1.54, 1.807) is 19.1 Å². The van der Waals surface area contributed by atoms with Gasteiger partial charge in [-0.3, -0.25) is 4.79 Å². The molecule has 1 aromatic rings. The molecule has 0 spiro atoms. The summed E-state index contributed by atoms with van der Waals surface area (Å²) in [4.78, 5) is 13.7. The first-order valence-corrected chi connectivity index (χ1v) is 7.07. The van der Waals surface area contributed by atoms with E-state index in [1.165, 1.54) is 0 Å². The third kappa shape index (κ3) is 3.17. The van der Waals surface area contributed by atoms with Gasteiger partial charge in [0.15, 0.2) is 5.78 Å². The summed E-state index contributed by atoms with van der Waals surface area (Å²) in [6.07, 6.45) is 2.24. The fourth-order valence-corrected chi connectivity index (χ4v) is 2.61. The first-order chi connectivity index (χ1) is 9.65. The monoisotopic (exact) mass is 272 g/mol. The molecule has 106 valence electrons. The molecule has 0 amide bonds. The smallest absolute Gasteiger partial charge is 0.159 e. The van der Waals surface area contributed by atoms with Crippen LogP contribution >= 0.6 is 0 Å². The molecule has 1 fully saturated rings. The van der Waals surface area contributed by atoms with Gasteiger partial charge in [-0.1, -0.05) is 0 Å². The number of benzene rings is 1. The lowest BCUT2D eigenvalue weighted by Gasteiger charge is -2.34. The van der Waals surface area contributed by atoms with E-state index in [4.69, 9.17) is 4.74 Å². The van der Waals surface area contributed by atoms with Crippen LogP contribution in [0.4, 0.5) is 5.69 Å². The molecule has 0 aromatic heterocycles. The third-order valence-corrected chi connectivity index (χ3v) is 3.71. The van der Waals surface area contributed by atoms with Crippen molar-refractivity contribution in [2.75, 3.05) is 24.6 Å². The van der Waals surface area contributed by atoms with Crippen molar-refractivity contribution in [3.8, 4) is 6.07 Å². The van der Waals surface area contributed by atoms with Gasteiger partial charge in [0.2, 0.25) is 0 Å². The Balaban J connectivity index is 2.18. The minimum atomic E-state index is 0.0277. The van der Waals surface area contributed by atoms with E-state index in [1.807, 2.05) is 13.0 Å². The van der Waals surface area contributed by atoms with Crippen molar-refractivity contribution in [1.29, 1.82) is 5.26 Å². The highest BCUT2D eigenvalue weighted by molar-refractivity contribution is 5.95. The summed E-state index contributed by atoms with van der Waals surface area (Å²) >= 11 is 0. The molecule has 0 unspecified atom stereocenters. The van der Waals surface area contributed by atoms with Crippen molar-refractivity contribution in [1.82, 2.24) is 0 Å². The molecule has 0 bridgehead atoms. The number of nitriles is 1. The molecule has 0 saturated carbocycles. The second-order valence-corrected chi connectivity index (χ2v) is 5.04. The summed E-state index contributed by atoms with van der Waals surface area (Å²) in [5.41, 5.74) is 2.16. The van der Waals surface area contributed by atoms with Gasteiger partial charge in [0, 0.05) is 25.3 Å².